The molecule has 0 atom stereocenters. The molecule has 25 heavy (non-hydrogen) atoms. The van der Waals surface area contributed by atoms with Gasteiger partial charge in [-0.1, -0.05) is 102 Å². The number of amides is 1. The first-order valence-electron chi connectivity index (χ1n) is 10.6. The number of hydrogen-bond donors (Lipinski definition) is 0. The molecule has 2 heteroatoms. The molecule has 0 N–H and O–H groups in total. The molecule has 2 nitrogen and oxygen atoms in total. The highest BCUT2D eigenvalue weighted by atomic mass is 16.2. The first kappa shape index (κ1) is 21.7. The Morgan fingerprint density at radius 2 is 1.20 bits per heavy atom. The molecule has 0 aliphatic carbocycles. The number of carbonyl (C=O) groups excluding carboxylic acids is 1. The fourth-order valence-electron chi connectivity index (χ4n) is 3.23. The Balaban J connectivity index is 2.38. The third-order valence-corrected chi connectivity index (χ3v) is 4.86. The predicted molar refractivity (Wildman–Crippen MR) is 109 cm³/mol. The first-order chi connectivity index (χ1) is 12.3. The van der Waals surface area contributed by atoms with Crippen LogP contribution < -0.4 is 0 Å². The van der Waals surface area contributed by atoms with E-state index >= 15 is 0 Å². The van der Waals surface area contributed by atoms with Crippen molar-refractivity contribution in [3.63, 3.8) is 0 Å². The van der Waals surface area contributed by atoms with Gasteiger partial charge in [0, 0.05) is 13.1 Å². The quantitative estimate of drug-likeness (QED) is 0.337. The number of rotatable bonds is 15. The molecule has 0 radical (unpaired) electrons. The van der Waals surface area contributed by atoms with E-state index in [9.17, 15) is 4.79 Å². The second kappa shape index (κ2) is 15.0. The van der Waals surface area contributed by atoms with Gasteiger partial charge >= 0.3 is 0 Å². The topological polar surface area (TPSA) is 20.3 Å². The molecule has 0 spiro atoms. The summed E-state index contributed by atoms with van der Waals surface area (Å²) in [6.07, 6.45) is 14.5. The normalized spacial score (nSPS) is 10.8. The van der Waals surface area contributed by atoms with Crippen LogP contribution in [0.15, 0.2) is 30.3 Å². The fourth-order valence-corrected chi connectivity index (χ4v) is 3.23. The summed E-state index contributed by atoms with van der Waals surface area (Å²) in [5.41, 5.74) is 1.13. The Kier molecular flexibility index (Phi) is 13.0. The second-order valence-corrected chi connectivity index (χ2v) is 7.23. The van der Waals surface area contributed by atoms with E-state index in [1.54, 1.807) is 0 Å². The van der Waals surface area contributed by atoms with Crippen LogP contribution in [-0.4, -0.2) is 23.9 Å². The van der Waals surface area contributed by atoms with Crippen LogP contribution in [0.3, 0.4) is 0 Å². The zero-order valence-electron chi connectivity index (χ0n) is 16.6. The lowest BCUT2D eigenvalue weighted by atomic mass is 10.1. The molecule has 0 heterocycles. The largest absolute Gasteiger partial charge is 0.342 e. The molecule has 0 bridgehead atoms. The van der Waals surface area contributed by atoms with Gasteiger partial charge in [0.15, 0.2) is 0 Å². The number of hydrogen-bond acceptors (Lipinski definition) is 1. The highest BCUT2D eigenvalue weighted by Crippen LogP contribution is 2.10. The van der Waals surface area contributed by atoms with Crippen LogP contribution in [0, 0.1) is 0 Å². The molecule has 0 unspecified atom stereocenters. The molecule has 0 saturated carbocycles. The van der Waals surface area contributed by atoms with E-state index in [2.05, 4.69) is 30.9 Å². The van der Waals surface area contributed by atoms with Gasteiger partial charge in [0.25, 0.3) is 0 Å². The summed E-state index contributed by atoms with van der Waals surface area (Å²) in [5.74, 6) is 0.301. The summed E-state index contributed by atoms with van der Waals surface area (Å²) in [6.45, 7) is 6.37. The smallest absolute Gasteiger partial charge is 0.226 e. The summed E-state index contributed by atoms with van der Waals surface area (Å²) in [6, 6.07) is 10.2. The van der Waals surface area contributed by atoms with Crippen molar-refractivity contribution in [1.82, 2.24) is 4.90 Å². The molecule has 0 aliphatic heterocycles. The standard InChI is InChI=1S/C23H39NO/c1-3-5-7-9-11-16-20-24(19-15-10-8-6-4-2)23(25)21-22-17-13-12-14-18-22/h12-14,17-18H,3-11,15-16,19-21H2,1-2H3. The monoisotopic (exact) mass is 345 g/mol. The van der Waals surface area contributed by atoms with Gasteiger partial charge in [-0.05, 0) is 18.4 Å². The molecule has 1 rings (SSSR count). The first-order valence-corrected chi connectivity index (χ1v) is 10.6. The molecule has 1 amide bonds. The maximum Gasteiger partial charge on any atom is 0.226 e. The number of benzene rings is 1. The van der Waals surface area contributed by atoms with E-state index in [-0.39, 0.29) is 0 Å². The lowest BCUT2D eigenvalue weighted by Crippen LogP contribution is -2.34. The molecule has 1 aromatic carbocycles. The van der Waals surface area contributed by atoms with Crippen molar-refractivity contribution in [3.8, 4) is 0 Å². The third-order valence-electron chi connectivity index (χ3n) is 4.86. The molecular weight excluding hydrogens is 306 g/mol. The van der Waals surface area contributed by atoms with E-state index in [0.29, 0.717) is 12.3 Å². The third kappa shape index (κ3) is 11.0. The Bertz CT molecular complexity index is 429. The van der Waals surface area contributed by atoms with Gasteiger partial charge in [0.1, 0.15) is 0 Å². The van der Waals surface area contributed by atoms with Crippen LogP contribution in [-0.2, 0) is 11.2 Å². The van der Waals surface area contributed by atoms with Gasteiger partial charge in [-0.2, -0.15) is 0 Å². The molecule has 0 saturated heterocycles. The zero-order chi connectivity index (χ0) is 18.2. The van der Waals surface area contributed by atoms with Crippen molar-refractivity contribution in [2.45, 2.75) is 90.9 Å². The zero-order valence-corrected chi connectivity index (χ0v) is 16.6. The van der Waals surface area contributed by atoms with Crippen LogP contribution in [0.1, 0.15) is 90.0 Å². The summed E-state index contributed by atoms with van der Waals surface area (Å²) < 4.78 is 0. The van der Waals surface area contributed by atoms with Crippen LogP contribution in [0.2, 0.25) is 0 Å². The van der Waals surface area contributed by atoms with Crippen molar-refractivity contribution in [3.05, 3.63) is 35.9 Å². The van der Waals surface area contributed by atoms with Crippen LogP contribution in [0.4, 0.5) is 0 Å². The average molecular weight is 346 g/mol. The van der Waals surface area contributed by atoms with Crippen molar-refractivity contribution in [1.29, 1.82) is 0 Å². The number of carbonyl (C=O) groups is 1. The van der Waals surface area contributed by atoms with Crippen molar-refractivity contribution in [2.75, 3.05) is 13.1 Å². The van der Waals surface area contributed by atoms with Crippen LogP contribution in [0.25, 0.3) is 0 Å². The maximum absolute atomic E-state index is 12.7. The van der Waals surface area contributed by atoms with E-state index in [0.717, 1.165) is 31.5 Å². The van der Waals surface area contributed by atoms with E-state index in [1.807, 2.05) is 18.2 Å². The summed E-state index contributed by atoms with van der Waals surface area (Å²) in [7, 11) is 0. The molecule has 142 valence electrons. The van der Waals surface area contributed by atoms with Gasteiger partial charge in [-0.25, -0.2) is 0 Å². The van der Waals surface area contributed by atoms with Gasteiger partial charge in [0.05, 0.1) is 6.42 Å². The maximum atomic E-state index is 12.7. The fraction of sp³-hybridized carbons (Fsp3) is 0.696. The molecule has 0 aliphatic rings. The lowest BCUT2D eigenvalue weighted by molar-refractivity contribution is -0.130. The van der Waals surface area contributed by atoms with Crippen LogP contribution in [0.5, 0.6) is 0 Å². The SMILES string of the molecule is CCCCCCCCN(CCCCCCC)C(=O)Cc1ccccc1. The van der Waals surface area contributed by atoms with Gasteiger partial charge < -0.3 is 4.90 Å². The molecule has 0 fully saturated rings. The lowest BCUT2D eigenvalue weighted by Gasteiger charge is -2.23. The summed E-state index contributed by atoms with van der Waals surface area (Å²) in [4.78, 5) is 14.8. The highest BCUT2D eigenvalue weighted by molar-refractivity contribution is 5.78. The predicted octanol–water partition coefficient (Wildman–Crippen LogP) is 6.39. The average Bonchev–Trinajstić information content (AvgIpc) is 2.63. The summed E-state index contributed by atoms with van der Waals surface area (Å²) in [5, 5.41) is 0. The van der Waals surface area contributed by atoms with Crippen LogP contribution >= 0.6 is 0 Å². The van der Waals surface area contributed by atoms with Gasteiger partial charge in [-0.15, -0.1) is 0 Å². The van der Waals surface area contributed by atoms with E-state index < -0.39 is 0 Å². The molecule has 1 aromatic rings. The Labute approximate surface area is 156 Å². The summed E-state index contributed by atoms with van der Waals surface area (Å²) >= 11 is 0. The molecule has 0 aromatic heterocycles. The Morgan fingerprint density at radius 3 is 1.72 bits per heavy atom. The van der Waals surface area contributed by atoms with Crippen molar-refractivity contribution < 1.29 is 4.79 Å². The minimum Gasteiger partial charge on any atom is -0.342 e. The minimum atomic E-state index is 0.301. The van der Waals surface area contributed by atoms with Gasteiger partial charge in [-0.3, -0.25) is 4.79 Å². The Hall–Kier alpha value is -1.31. The second-order valence-electron chi connectivity index (χ2n) is 7.23. The Morgan fingerprint density at radius 1 is 0.720 bits per heavy atom. The highest BCUT2D eigenvalue weighted by Gasteiger charge is 2.13. The van der Waals surface area contributed by atoms with E-state index in [4.69, 9.17) is 0 Å². The van der Waals surface area contributed by atoms with Crippen molar-refractivity contribution >= 4 is 5.91 Å². The van der Waals surface area contributed by atoms with Crippen molar-refractivity contribution in [2.24, 2.45) is 0 Å². The van der Waals surface area contributed by atoms with E-state index in [1.165, 1.54) is 57.8 Å². The number of nitrogens with zero attached hydrogens (tertiary/aromatic N) is 1. The minimum absolute atomic E-state index is 0.301. The molecular formula is C23H39NO. The van der Waals surface area contributed by atoms with Gasteiger partial charge in [0.2, 0.25) is 5.91 Å². The number of unbranched alkanes of at least 4 members (excludes halogenated alkanes) is 9.